The molecule has 2 rings (SSSR count). The zero-order valence-corrected chi connectivity index (χ0v) is 12.8. The molecule has 0 nitrogen and oxygen atoms in total. The third kappa shape index (κ3) is 3.00. The van der Waals surface area contributed by atoms with E-state index in [-0.39, 0.29) is 5.82 Å². The minimum Gasteiger partial charge on any atom is -0.207 e. The third-order valence-corrected chi connectivity index (χ3v) is 3.99. The lowest BCUT2D eigenvalue weighted by molar-refractivity contribution is 0.612. The van der Waals surface area contributed by atoms with Crippen LogP contribution in [0.4, 0.5) is 4.39 Å². The fourth-order valence-corrected chi connectivity index (χ4v) is 2.89. The summed E-state index contributed by atoms with van der Waals surface area (Å²) in [6.07, 6.45) is 0. The smallest absolute Gasteiger partial charge is 0.128 e. The first-order chi connectivity index (χ1) is 8.49. The summed E-state index contributed by atoms with van der Waals surface area (Å²) in [6.45, 7) is 0. The summed E-state index contributed by atoms with van der Waals surface area (Å²) in [5, 5.41) is 0.275. The zero-order valence-electron chi connectivity index (χ0n) is 8.93. The molecule has 0 fully saturated rings. The van der Waals surface area contributed by atoms with Crippen molar-refractivity contribution in [3.8, 4) is 0 Å². The summed E-state index contributed by atoms with van der Waals surface area (Å²) in [5.74, 6) is -0.371. The lowest BCUT2D eigenvalue weighted by Crippen LogP contribution is -1.98. The Balaban J connectivity index is 2.47. The highest BCUT2D eigenvalue weighted by atomic mass is 79.9. The van der Waals surface area contributed by atoms with Crippen LogP contribution >= 0.6 is 50.7 Å². The summed E-state index contributed by atoms with van der Waals surface area (Å²) in [4.78, 5) is 0. The van der Waals surface area contributed by atoms with Gasteiger partial charge in [0.1, 0.15) is 5.82 Å². The van der Waals surface area contributed by atoms with Gasteiger partial charge in [-0.15, -0.1) is 11.6 Å². The van der Waals surface area contributed by atoms with E-state index in [9.17, 15) is 4.39 Å². The molecule has 0 spiro atoms. The van der Waals surface area contributed by atoms with E-state index < -0.39 is 5.38 Å². The minimum atomic E-state index is -0.660. The molecular formula is C13H7BrCl3F. The predicted molar refractivity (Wildman–Crippen MR) is 78.3 cm³/mol. The number of halogens is 5. The van der Waals surface area contributed by atoms with Crippen molar-refractivity contribution in [2.75, 3.05) is 0 Å². The molecule has 0 heterocycles. The van der Waals surface area contributed by atoms with Crippen molar-refractivity contribution in [1.29, 1.82) is 0 Å². The highest BCUT2D eigenvalue weighted by Crippen LogP contribution is 2.36. The number of hydrogen-bond donors (Lipinski definition) is 0. The fourth-order valence-electron chi connectivity index (χ4n) is 1.58. The van der Waals surface area contributed by atoms with Crippen LogP contribution in [0.3, 0.4) is 0 Å². The van der Waals surface area contributed by atoms with Gasteiger partial charge in [-0.1, -0.05) is 45.2 Å². The van der Waals surface area contributed by atoms with Gasteiger partial charge < -0.3 is 0 Å². The van der Waals surface area contributed by atoms with E-state index >= 15 is 0 Å². The van der Waals surface area contributed by atoms with Gasteiger partial charge in [-0.25, -0.2) is 4.39 Å². The maximum absolute atomic E-state index is 13.7. The molecule has 0 N–H and O–H groups in total. The van der Waals surface area contributed by atoms with Gasteiger partial charge in [-0.3, -0.25) is 0 Å². The molecule has 0 saturated heterocycles. The Bertz CT molecular complexity index is 586. The topological polar surface area (TPSA) is 0 Å². The molecule has 5 heteroatoms. The van der Waals surface area contributed by atoms with Gasteiger partial charge in [-0.2, -0.15) is 0 Å². The Kier molecular flexibility index (Phi) is 4.54. The molecule has 2 aromatic carbocycles. The van der Waals surface area contributed by atoms with Gasteiger partial charge in [0.05, 0.1) is 5.38 Å². The Morgan fingerprint density at radius 1 is 1.00 bits per heavy atom. The van der Waals surface area contributed by atoms with E-state index in [1.165, 1.54) is 6.07 Å². The molecule has 0 bridgehead atoms. The lowest BCUT2D eigenvalue weighted by Gasteiger charge is -2.13. The van der Waals surface area contributed by atoms with Crippen molar-refractivity contribution in [3.63, 3.8) is 0 Å². The van der Waals surface area contributed by atoms with Crippen LogP contribution < -0.4 is 0 Å². The third-order valence-electron chi connectivity index (χ3n) is 2.47. The average Bonchev–Trinajstić information content (AvgIpc) is 2.31. The first-order valence-electron chi connectivity index (χ1n) is 5.03. The molecule has 1 atom stereocenters. The Morgan fingerprint density at radius 3 is 2.39 bits per heavy atom. The summed E-state index contributed by atoms with van der Waals surface area (Å²) in [5.41, 5.74) is 0.995. The molecule has 2 aromatic rings. The Labute approximate surface area is 128 Å². The van der Waals surface area contributed by atoms with E-state index in [1.54, 1.807) is 30.3 Å². The lowest BCUT2D eigenvalue weighted by atomic mass is 10.0. The van der Waals surface area contributed by atoms with Crippen molar-refractivity contribution in [2.24, 2.45) is 0 Å². The molecule has 0 aliphatic heterocycles. The van der Waals surface area contributed by atoms with Crippen LogP contribution in [0.5, 0.6) is 0 Å². The second-order valence-corrected chi connectivity index (χ2v) is 5.89. The molecule has 18 heavy (non-hydrogen) atoms. The molecule has 0 radical (unpaired) electrons. The van der Waals surface area contributed by atoms with Gasteiger partial charge in [-0.05, 0) is 35.9 Å². The van der Waals surface area contributed by atoms with Crippen molar-refractivity contribution in [2.45, 2.75) is 5.38 Å². The van der Waals surface area contributed by atoms with Gasteiger partial charge in [0, 0.05) is 20.1 Å². The highest BCUT2D eigenvalue weighted by molar-refractivity contribution is 9.10. The monoisotopic (exact) mass is 366 g/mol. The van der Waals surface area contributed by atoms with Crippen LogP contribution in [-0.4, -0.2) is 0 Å². The molecule has 0 aliphatic rings. The Hall–Kier alpha value is -0.280. The maximum Gasteiger partial charge on any atom is 0.128 e. The van der Waals surface area contributed by atoms with Crippen LogP contribution in [0.2, 0.25) is 10.0 Å². The standard InChI is InChI=1S/C13H7BrCl3F/c14-7-1-4-12(18)10(5-7)13(17)9-3-2-8(15)6-11(9)16/h1-6,13H. The van der Waals surface area contributed by atoms with E-state index in [0.29, 0.717) is 21.2 Å². The fraction of sp³-hybridized carbons (Fsp3) is 0.0769. The van der Waals surface area contributed by atoms with Crippen LogP contribution in [0, 0.1) is 5.82 Å². The van der Waals surface area contributed by atoms with Gasteiger partial charge in [0.25, 0.3) is 0 Å². The van der Waals surface area contributed by atoms with Crippen molar-refractivity contribution < 1.29 is 4.39 Å². The number of benzene rings is 2. The first-order valence-corrected chi connectivity index (χ1v) is 7.01. The van der Waals surface area contributed by atoms with E-state index in [0.717, 1.165) is 4.47 Å². The van der Waals surface area contributed by atoms with E-state index in [4.69, 9.17) is 34.8 Å². The maximum atomic E-state index is 13.7. The molecular weight excluding hydrogens is 361 g/mol. The van der Waals surface area contributed by atoms with Crippen LogP contribution in [0.25, 0.3) is 0 Å². The quantitative estimate of drug-likeness (QED) is 0.552. The minimum absolute atomic E-state index is 0.371. The molecule has 0 saturated carbocycles. The SMILES string of the molecule is Fc1ccc(Br)cc1C(Cl)c1ccc(Cl)cc1Cl. The highest BCUT2D eigenvalue weighted by Gasteiger charge is 2.18. The van der Waals surface area contributed by atoms with Crippen molar-refractivity contribution in [3.05, 3.63) is 67.9 Å². The number of hydrogen-bond acceptors (Lipinski definition) is 0. The second kappa shape index (κ2) is 5.79. The van der Waals surface area contributed by atoms with E-state index in [2.05, 4.69) is 15.9 Å². The van der Waals surface area contributed by atoms with Crippen molar-refractivity contribution in [1.82, 2.24) is 0 Å². The van der Waals surface area contributed by atoms with Gasteiger partial charge in [0.15, 0.2) is 0 Å². The molecule has 0 amide bonds. The summed E-state index contributed by atoms with van der Waals surface area (Å²) < 4.78 is 14.5. The number of rotatable bonds is 2. The molecule has 1 unspecified atom stereocenters. The largest absolute Gasteiger partial charge is 0.207 e. The summed E-state index contributed by atoms with van der Waals surface area (Å²) >= 11 is 21.4. The number of alkyl halides is 1. The van der Waals surface area contributed by atoms with E-state index in [1.807, 2.05) is 0 Å². The van der Waals surface area contributed by atoms with Crippen molar-refractivity contribution >= 4 is 50.7 Å². The summed E-state index contributed by atoms with van der Waals surface area (Å²) in [7, 11) is 0. The van der Waals surface area contributed by atoms with Gasteiger partial charge in [0.2, 0.25) is 0 Å². The average molecular weight is 368 g/mol. The first kappa shape index (κ1) is 14.1. The molecule has 0 aliphatic carbocycles. The van der Waals surface area contributed by atoms with Gasteiger partial charge >= 0.3 is 0 Å². The molecule has 94 valence electrons. The molecule has 0 aromatic heterocycles. The normalized spacial score (nSPS) is 12.5. The Morgan fingerprint density at radius 2 is 1.72 bits per heavy atom. The zero-order chi connectivity index (χ0) is 13.3. The van der Waals surface area contributed by atoms with Crippen LogP contribution in [0.1, 0.15) is 16.5 Å². The van der Waals surface area contributed by atoms with Crippen LogP contribution in [-0.2, 0) is 0 Å². The summed E-state index contributed by atoms with van der Waals surface area (Å²) in [6, 6.07) is 9.57. The van der Waals surface area contributed by atoms with Crippen LogP contribution in [0.15, 0.2) is 40.9 Å². The predicted octanol–water partition coefficient (Wildman–Crippen LogP) is 6.22. The second-order valence-electron chi connectivity index (χ2n) is 3.69.